The molecule has 2 aromatic rings. The number of halogens is 3. The Bertz CT molecular complexity index is 881. The van der Waals surface area contributed by atoms with Crippen molar-refractivity contribution in [2.45, 2.75) is 13.3 Å². The van der Waals surface area contributed by atoms with Gasteiger partial charge in [-0.3, -0.25) is 4.79 Å². The zero-order chi connectivity index (χ0) is 18.8. The van der Waals surface area contributed by atoms with Gasteiger partial charge in [0.15, 0.2) is 0 Å². The van der Waals surface area contributed by atoms with E-state index < -0.39 is 23.5 Å². The molecule has 2 rings (SSSR count). The van der Waals surface area contributed by atoms with Crippen LogP contribution in [0, 0.1) is 6.92 Å². The van der Waals surface area contributed by atoms with E-state index in [1.54, 1.807) is 0 Å². The number of rotatable bonds is 5. The molecule has 0 unspecified atom stereocenters. The second kappa shape index (κ2) is 6.84. The Kier molecular flexibility index (Phi) is 5.01. The molecule has 0 radical (unpaired) electrons. The summed E-state index contributed by atoms with van der Waals surface area (Å²) in [5, 5.41) is 0. The van der Waals surface area contributed by atoms with Crippen molar-refractivity contribution < 1.29 is 31.9 Å². The van der Waals surface area contributed by atoms with Crippen molar-refractivity contribution in [1.82, 2.24) is 0 Å². The van der Waals surface area contributed by atoms with Crippen LogP contribution in [0.5, 0.6) is 11.5 Å². The molecule has 0 N–H and O–H groups in total. The lowest BCUT2D eigenvalue weighted by atomic mass is 9.98. The normalized spacial score (nSPS) is 11.1. The van der Waals surface area contributed by atoms with Crippen LogP contribution in [0.4, 0.5) is 13.2 Å². The molecular weight excluding hydrogens is 341 g/mol. The third-order valence-corrected chi connectivity index (χ3v) is 3.18. The molecule has 0 fully saturated rings. The third kappa shape index (κ3) is 4.28. The van der Waals surface area contributed by atoms with Crippen molar-refractivity contribution in [2.75, 3.05) is 7.11 Å². The van der Waals surface area contributed by atoms with E-state index in [1.807, 2.05) is 0 Å². The number of aryl methyl sites for hydroxylation is 1. The average Bonchev–Trinajstić information content (AvgIpc) is 2.51. The fourth-order valence-corrected chi connectivity index (χ4v) is 2.11. The van der Waals surface area contributed by atoms with E-state index in [0.717, 1.165) is 12.1 Å². The molecule has 8 heteroatoms. The van der Waals surface area contributed by atoms with E-state index >= 15 is 0 Å². The van der Waals surface area contributed by atoms with Gasteiger partial charge in [-0.05, 0) is 24.6 Å². The molecular formula is C17H13F3O5. The fraction of sp³-hybridized carbons (Fsp3) is 0.176. The standard InChI is InChI=1S/C17H13F3O5/c1-9-7-13(23-3)14(16(22)24-9)15(21)10(2)11-5-4-6-12(8-11)25-17(18,19)20/h4-8H,2H2,1,3H3. The Hall–Kier alpha value is -3.03. The summed E-state index contributed by atoms with van der Waals surface area (Å²) in [5.41, 5.74) is -1.46. The van der Waals surface area contributed by atoms with Gasteiger partial charge in [0.2, 0.25) is 5.78 Å². The molecule has 132 valence electrons. The van der Waals surface area contributed by atoms with Gasteiger partial charge in [0.1, 0.15) is 22.8 Å². The van der Waals surface area contributed by atoms with E-state index in [0.29, 0.717) is 0 Å². The Morgan fingerprint density at radius 2 is 1.92 bits per heavy atom. The topological polar surface area (TPSA) is 65.7 Å². The zero-order valence-corrected chi connectivity index (χ0v) is 13.3. The van der Waals surface area contributed by atoms with E-state index in [9.17, 15) is 22.8 Å². The smallest absolute Gasteiger partial charge is 0.496 e. The zero-order valence-electron chi connectivity index (χ0n) is 13.3. The maximum Gasteiger partial charge on any atom is 0.573 e. The van der Waals surface area contributed by atoms with Crippen molar-refractivity contribution in [2.24, 2.45) is 0 Å². The average molecular weight is 354 g/mol. The molecule has 0 bridgehead atoms. The lowest BCUT2D eigenvalue weighted by molar-refractivity contribution is -0.274. The summed E-state index contributed by atoms with van der Waals surface area (Å²) in [6, 6.07) is 6.06. The van der Waals surface area contributed by atoms with E-state index in [4.69, 9.17) is 9.15 Å². The van der Waals surface area contributed by atoms with Crippen LogP contribution < -0.4 is 15.1 Å². The molecule has 0 aliphatic heterocycles. The highest BCUT2D eigenvalue weighted by Crippen LogP contribution is 2.28. The van der Waals surface area contributed by atoms with Crippen molar-refractivity contribution in [3.8, 4) is 11.5 Å². The minimum absolute atomic E-state index is 0.0115. The van der Waals surface area contributed by atoms with Crippen LogP contribution in [0.2, 0.25) is 0 Å². The second-order valence-corrected chi connectivity index (χ2v) is 4.97. The Morgan fingerprint density at radius 1 is 1.24 bits per heavy atom. The van der Waals surface area contributed by atoms with Gasteiger partial charge in [0, 0.05) is 11.6 Å². The van der Waals surface area contributed by atoms with Crippen LogP contribution in [-0.2, 0) is 0 Å². The maximum absolute atomic E-state index is 12.6. The highest BCUT2D eigenvalue weighted by molar-refractivity contribution is 6.29. The number of alkyl halides is 3. The van der Waals surface area contributed by atoms with Crippen LogP contribution in [-0.4, -0.2) is 19.3 Å². The summed E-state index contributed by atoms with van der Waals surface area (Å²) >= 11 is 0. The lowest BCUT2D eigenvalue weighted by Gasteiger charge is -2.12. The molecule has 0 aliphatic carbocycles. The Labute approximate surface area is 140 Å². The lowest BCUT2D eigenvalue weighted by Crippen LogP contribution is -2.18. The number of methoxy groups -OCH3 is 1. The summed E-state index contributed by atoms with van der Waals surface area (Å²) < 4.78 is 50.6. The van der Waals surface area contributed by atoms with Crippen LogP contribution >= 0.6 is 0 Å². The van der Waals surface area contributed by atoms with Crippen molar-refractivity contribution in [3.05, 3.63) is 64.2 Å². The molecule has 1 aromatic heterocycles. The summed E-state index contributed by atoms with van der Waals surface area (Å²) in [5.74, 6) is -1.11. The molecule has 25 heavy (non-hydrogen) atoms. The summed E-state index contributed by atoms with van der Waals surface area (Å²) in [4.78, 5) is 24.5. The monoisotopic (exact) mass is 354 g/mol. The number of benzene rings is 1. The van der Waals surface area contributed by atoms with Crippen LogP contribution in [0.25, 0.3) is 5.57 Å². The summed E-state index contributed by atoms with van der Waals surface area (Å²) in [7, 11) is 1.27. The third-order valence-electron chi connectivity index (χ3n) is 3.18. The van der Waals surface area contributed by atoms with Gasteiger partial charge in [-0.1, -0.05) is 18.7 Å². The second-order valence-electron chi connectivity index (χ2n) is 4.97. The predicted molar refractivity (Wildman–Crippen MR) is 82.8 cm³/mol. The minimum Gasteiger partial charge on any atom is -0.496 e. The molecule has 0 aliphatic rings. The molecule has 0 amide bonds. The van der Waals surface area contributed by atoms with Gasteiger partial charge in [-0.15, -0.1) is 13.2 Å². The Morgan fingerprint density at radius 3 is 2.52 bits per heavy atom. The first-order valence-electron chi connectivity index (χ1n) is 6.91. The number of ketones is 1. The molecule has 1 heterocycles. The first kappa shape index (κ1) is 18.3. The van der Waals surface area contributed by atoms with Crippen LogP contribution in [0.3, 0.4) is 0 Å². The summed E-state index contributed by atoms with van der Waals surface area (Å²) in [6.07, 6.45) is -4.87. The van der Waals surface area contributed by atoms with Crippen molar-refractivity contribution in [3.63, 3.8) is 0 Å². The molecule has 0 atom stereocenters. The molecule has 0 saturated carbocycles. The van der Waals surface area contributed by atoms with Gasteiger partial charge in [-0.2, -0.15) is 0 Å². The predicted octanol–water partition coefficient (Wildman–Crippen LogP) is 3.75. The highest BCUT2D eigenvalue weighted by Gasteiger charge is 2.31. The number of allylic oxidation sites excluding steroid dienone is 1. The van der Waals surface area contributed by atoms with Gasteiger partial charge >= 0.3 is 12.0 Å². The van der Waals surface area contributed by atoms with Gasteiger partial charge < -0.3 is 13.9 Å². The molecule has 0 spiro atoms. The number of hydrogen-bond acceptors (Lipinski definition) is 5. The largest absolute Gasteiger partial charge is 0.573 e. The molecule has 5 nitrogen and oxygen atoms in total. The fourth-order valence-electron chi connectivity index (χ4n) is 2.11. The van der Waals surface area contributed by atoms with Crippen LogP contribution in [0.1, 0.15) is 21.7 Å². The first-order chi connectivity index (χ1) is 11.6. The quantitative estimate of drug-likeness (QED) is 0.604. The number of hydrogen-bond donors (Lipinski definition) is 0. The SMILES string of the molecule is C=C(C(=O)c1c(OC)cc(C)oc1=O)c1cccc(OC(F)(F)F)c1. The van der Waals surface area contributed by atoms with Gasteiger partial charge in [0.05, 0.1) is 7.11 Å². The van der Waals surface area contributed by atoms with Gasteiger partial charge in [0.25, 0.3) is 0 Å². The van der Waals surface area contributed by atoms with Crippen molar-refractivity contribution >= 4 is 11.4 Å². The maximum atomic E-state index is 12.6. The first-order valence-corrected chi connectivity index (χ1v) is 6.91. The molecule has 0 saturated heterocycles. The van der Waals surface area contributed by atoms with Crippen molar-refractivity contribution in [1.29, 1.82) is 0 Å². The number of Topliss-reactive ketones (excluding diaryl/α,β-unsaturated/α-hetero) is 1. The minimum atomic E-state index is -4.87. The number of ether oxygens (including phenoxy) is 2. The number of carbonyl (C=O) groups excluding carboxylic acids is 1. The van der Waals surface area contributed by atoms with E-state index in [1.165, 1.54) is 32.2 Å². The summed E-state index contributed by atoms with van der Waals surface area (Å²) in [6.45, 7) is 5.06. The van der Waals surface area contributed by atoms with Gasteiger partial charge in [-0.25, -0.2) is 4.79 Å². The Balaban J connectivity index is 2.41. The van der Waals surface area contributed by atoms with Crippen LogP contribution in [0.15, 0.2) is 46.1 Å². The number of carbonyl (C=O) groups is 1. The highest BCUT2D eigenvalue weighted by atomic mass is 19.4. The van der Waals surface area contributed by atoms with E-state index in [2.05, 4.69) is 11.3 Å². The molecule has 1 aromatic carbocycles. The van der Waals surface area contributed by atoms with E-state index in [-0.39, 0.29) is 28.2 Å².